The van der Waals surface area contributed by atoms with Crippen LogP contribution in [0.2, 0.25) is 0 Å². The third kappa shape index (κ3) is 3.53. The summed E-state index contributed by atoms with van der Waals surface area (Å²) in [4.78, 5) is 17.0. The minimum atomic E-state index is -0.223. The second-order valence-electron chi connectivity index (χ2n) is 9.67. The summed E-state index contributed by atoms with van der Waals surface area (Å²) in [7, 11) is -0.223. The molecule has 0 bridgehead atoms. The first-order valence-corrected chi connectivity index (χ1v) is 13.0. The number of hydrogen-bond acceptors (Lipinski definition) is 5. The normalized spacial score (nSPS) is 12.7. The summed E-state index contributed by atoms with van der Waals surface area (Å²) in [6, 6.07) is 43.3. The molecule has 2 aliphatic rings. The molecule has 0 amide bonds. The van der Waals surface area contributed by atoms with E-state index < -0.39 is 0 Å². The van der Waals surface area contributed by atoms with Crippen LogP contribution in [0, 0.1) is 0 Å². The molecule has 0 radical (unpaired) electrons. The van der Waals surface area contributed by atoms with E-state index in [4.69, 9.17) is 19.6 Å². The molecule has 6 heteroatoms. The molecule has 0 N–H and O–H groups in total. The van der Waals surface area contributed by atoms with E-state index >= 15 is 0 Å². The van der Waals surface area contributed by atoms with Crippen LogP contribution < -0.4 is 14.9 Å². The van der Waals surface area contributed by atoms with Crippen LogP contribution in [0.1, 0.15) is 0 Å². The second-order valence-corrected chi connectivity index (χ2v) is 9.67. The molecule has 3 heterocycles. The fourth-order valence-electron chi connectivity index (χ4n) is 5.51. The van der Waals surface area contributed by atoms with Crippen molar-refractivity contribution in [3.8, 4) is 51.0 Å². The summed E-state index contributed by atoms with van der Waals surface area (Å²) in [5.74, 6) is 2.84. The maximum atomic E-state index is 6.48. The summed E-state index contributed by atoms with van der Waals surface area (Å²) < 4.78 is 6.48. The molecule has 0 aliphatic carbocycles. The highest BCUT2D eigenvalue weighted by Gasteiger charge is 2.44. The van der Waals surface area contributed by atoms with Crippen molar-refractivity contribution in [2.24, 2.45) is 0 Å². The van der Waals surface area contributed by atoms with Gasteiger partial charge in [-0.2, -0.15) is 0 Å². The summed E-state index contributed by atoms with van der Waals surface area (Å²) in [6.07, 6.45) is 0. The van der Waals surface area contributed by atoms with Crippen molar-refractivity contribution >= 4 is 23.9 Å². The number of fused-ring (bicyclic) bond motifs is 8. The average molecular weight is 500 g/mol. The fraction of sp³-hybridized carbons (Fsp3) is 0. The van der Waals surface area contributed by atoms with E-state index in [2.05, 4.69) is 59.4 Å². The van der Waals surface area contributed by atoms with Crippen molar-refractivity contribution in [3.05, 3.63) is 127 Å². The van der Waals surface area contributed by atoms with Crippen LogP contribution >= 0.6 is 0 Å². The van der Waals surface area contributed by atoms with Crippen LogP contribution in [0.4, 0.5) is 11.4 Å². The number of anilines is 2. The molecular weight excluding hydrogens is 479 g/mol. The fourth-order valence-corrected chi connectivity index (χ4v) is 5.51. The smallest absolute Gasteiger partial charge is 0.524 e. The highest BCUT2D eigenvalue weighted by molar-refractivity contribution is 6.77. The maximum absolute atomic E-state index is 6.48. The molecule has 2 aliphatic heterocycles. The number of nitrogens with zero attached hydrogens (tertiary/aromatic N) is 4. The first-order valence-electron chi connectivity index (χ1n) is 13.0. The van der Waals surface area contributed by atoms with Gasteiger partial charge in [-0.3, -0.25) is 0 Å². The van der Waals surface area contributed by atoms with E-state index in [0.29, 0.717) is 17.5 Å². The number of para-hydroxylation sites is 3. The number of aromatic nitrogens is 3. The van der Waals surface area contributed by atoms with Crippen molar-refractivity contribution in [2.75, 3.05) is 4.81 Å². The van der Waals surface area contributed by atoms with Crippen molar-refractivity contribution in [2.45, 2.75) is 0 Å². The Hall–Kier alpha value is -5.23. The van der Waals surface area contributed by atoms with Gasteiger partial charge < -0.3 is 9.47 Å². The Bertz CT molecular complexity index is 1800. The van der Waals surface area contributed by atoms with Gasteiger partial charge in [-0.15, -0.1) is 0 Å². The van der Waals surface area contributed by atoms with Crippen molar-refractivity contribution in [3.63, 3.8) is 0 Å². The molecule has 0 saturated heterocycles. The Labute approximate surface area is 226 Å². The van der Waals surface area contributed by atoms with Crippen LogP contribution in [-0.2, 0) is 0 Å². The Balaban J connectivity index is 1.31. The van der Waals surface area contributed by atoms with E-state index in [0.717, 1.165) is 50.4 Å². The molecule has 6 aromatic rings. The summed E-state index contributed by atoms with van der Waals surface area (Å²) in [5.41, 5.74) is 8.46. The lowest BCUT2D eigenvalue weighted by Gasteiger charge is -2.31. The largest absolute Gasteiger partial charge is 0.536 e. The van der Waals surface area contributed by atoms with E-state index in [9.17, 15) is 0 Å². The lowest BCUT2D eigenvalue weighted by molar-refractivity contribution is 0.603. The van der Waals surface area contributed by atoms with Gasteiger partial charge in [0, 0.05) is 27.9 Å². The van der Waals surface area contributed by atoms with Gasteiger partial charge in [-0.05, 0) is 35.3 Å². The second kappa shape index (κ2) is 8.67. The van der Waals surface area contributed by atoms with Gasteiger partial charge in [0.05, 0.1) is 5.69 Å². The molecule has 5 aromatic carbocycles. The van der Waals surface area contributed by atoms with Crippen LogP contribution in [0.5, 0.6) is 5.75 Å². The lowest BCUT2D eigenvalue weighted by Crippen LogP contribution is -2.50. The van der Waals surface area contributed by atoms with Crippen LogP contribution in [0.25, 0.3) is 45.3 Å². The molecule has 0 saturated carbocycles. The molecule has 5 nitrogen and oxygen atoms in total. The zero-order chi connectivity index (χ0) is 25.8. The van der Waals surface area contributed by atoms with E-state index in [1.807, 2.05) is 72.8 Å². The summed E-state index contributed by atoms with van der Waals surface area (Å²) >= 11 is 0. The van der Waals surface area contributed by atoms with E-state index in [-0.39, 0.29) is 7.05 Å². The predicted molar refractivity (Wildman–Crippen MR) is 156 cm³/mol. The maximum Gasteiger partial charge on any atom is 0.524 e. The minimum Gasteiger partial charge on any atom is -0.536 e. The van der Waals surface area contributed by atoms with Gasteiger partial charge in [0.2, 0.25) is 0 Å². The van der Waals surface area contributed by atoms with Crippen LogP contribution in [-0.4, -0.2) is 22.0 Å². The van der Waals surface area contributed by atoms with E-state index in [1.165, 1.54) is 0 Å². The molecule has 0 fully saturated rings. The Kier molecular flexibility index (Phi) is 4.85. The third-order valence-corrected chi connectivity index (χ3v) is 7.33. The molecule has 8 rings (SSSR count). The highest BCUT2D eigenvalue weighted by atomic mass is 16.5. The molecule has 39 heavy (non-hydrogen) atoms. The standard InChI is InChI=1S/C33H21BN4O/c1-3-11-22(12-4-1)31-35-32(23-13-5-2-6-14-23)37-33(36-31)24-19-20-27-26(21-24)25-15-7-8-16-28(25)38-29-17-9-10-18-30(29)39-34(27)38/h1-21H. The molecule has 0 unspecified atom stereocenters. The Morgan fingerprint density at radius 2 is 1.05 bits per heavy atom. The van der Waals surface area contributed by atoms with Crippen LogP contribution in [0.15, 0.2) is 127 Å². The molecule has 0 spiro atoms. The summed E-state index contributed by atoms with van der Waals surface area (Å²) in [6.45, 7) is 0. The van der Waals surface area contributed by atoms with Gasteiger partial charge in [0.25, 0.3) is 0 Å². The van der Waals surface area contributed by atoms with Gasteiger partial charge in [-0.1, -0.05) is 103 Å². The predicted octanol–water partition coefficient (Wildman–Crippen LogP) is 6.78. The highest BCUT2D eigenvalue weighted by Crippen LogP contribution is 2.47. The van der Waals surface area contributed by atoms with Crippen LogP contribution in [0.3, 0.4) is 0 Å². The van der Waals surface area contributed by atoms with Gasteiger partial charge >= 0.3 is 7.05 Å². The third-order valence-electron chi connectivity index (χ3n) is 7.33. The average Bonchev–Trinajstić information content (AvgIpc) is 3.42. The van der Waals surface area contributed by atoms with Crippen molar-refractivity contribution < 1.29 is 4.65 Å². The van der Waals surface area contributed by atoms with Gasteiger partial charge in [-0.25, -0.2) is 15.0 Å². The molecule has 1 aromatic heterocycles. The topological polar surface area (TPSA) is 51.1 Å². The molecule has 182 valence electrons. The number of rotatable bonds is 3. The first-order chi connectivity index (χ1) is 19.3. The Morgan fingerprint density at radius 1 is 0.487 bits per heavy atom. The molecule has 0 atom stereocenters. The van der Waals surface area contributed by atoms with Gasteiger partial charge in [0.15, 0.2) is 17.5 Å². The number of hydrogen-bond donors (Lipinski definition) is 0. The number of benzene rings is 5. The first kappa shape index (κ1) is 21.8. The van der Waals surface area contributed by atoms with Gasteiger partial charge in [0.1, 0.15) is 5.75 Å². The van der Waals surface area contributed by atoms with E-state index in [1.54, 1.807) is 0 Å². The molecular formula is C33H21BN4O. The zero-order valence-corrected chi connectivity index (χ0v) is 20.9. The zero-order valence-electron chi connectivity index (χ0n) is 20.9. The summed E-state index contributed by atoms with van der Waals surface area (Å²) in [5, 5.41) is 0. The SMILES string of the molecule is c1ccc(-c2nc(-c3ccccc3)nc(-c3ccc4c(c3)-c3ccccc3N3B4Oc4ccccc43)n2)cc1. The van der Waals surface area contributed by atoms with Crippen molar-refractivity contribution in [1.82, 2.24) is 15.0 Å². The lowest BCUT2D eigenvalue weighted by atomic mass is 9.64. The quantitative estimate of drug-likeness (QED) is 0.251. The monoisotopic (exact) mass is 500 g/mol. The van der Waals surface area contributed by atoms with Crippen molar-refractivity contribution in [1.29, 1.82) is 0 Å². The Morgan fingerprint density at radius 3 is 1.74 bits per heavy atom. The minimum absolute atomic E-state index is 0.223.